The molecule has 0 bridgehead atoms. The molecule has 0 aliphatic carbocycles. The molecule has 0 saturated carbocycles. The van der Waals surface area contributed by atoms with Gasteiger partial charge in [-0.05, 0) is 30.2 Å². The second-order valence-electron chi connectivity index (χ2n) is 5.75. The Labute approximate surface area is 140 Å². The molecule has 5 nitrogen and oxygen atoms in total. The van der Waals surface area contributed by atoms with E-state index in [2.05, 4.69) is 36.3 Å². The highest BCUT2D eigenvalue weighted by atomic mass is 32.1. The first-order valence-electron chi connectivity index (χ1n) is 7.41. The summed E-state index contributed by atoms with van der Waals surface area (Å²) in [7, 11) is 1.62. The monoisotopic (exact) mass is 331 g/mol. The van der Waals surface area contributed by atoms with Gasteiger partial charge in [-0.2, -0.15) is 0 Å². The van der Waals surface area contributed by atoms with E-state index in [0.717, 1.165) is 22.7 Å². The Morgan fingerprint density at radius 1 is 1.30 bits per heavy atom. The Balaban J connectivity index is 1.97. The van der Waals surface area contributed by atoms with Crippen molar-refractivity contribution in [3.63, 3.8) is 0 Å². The maximum Gasteiger partial charge on any atom is 0.250 e. The van der Waals surface area contributed by atoms with Crippen molar-refractivity contribution in [2.24, 2.45) is 0 Å². The molecule has 1 aromatic heterocycles. The molecule has 0 atom stereocenters. The highest BCUT2D eigenvalue weighted by Gasteiger charge is 2.23. The summed E-state index contributed by atoms with van der Waals surface area (Å²) < 4.78 is 5.10. The lowest BCUT2D eigenvalue weighted by atomic mass is 9.91. The van der Waals surface area contributed by atoms with Crippen LogP contribution < -0.4 is 10.1 Å². The summed E-state index contributed by atoms with van der Waals surface area (Å²) in [5.41, 5.74) is 0.894. The van der Waals surface area contributed by atoms with Gasteiger partial charge >= 0.3 is 0 Å². The maximum absolute atomic E-state index is 12.0. The van der Waals surface area contributed by atoms with Gasteiger partial charge in [0.15, 0.2) is 0 Å². The molecule has 1 aromatic carbocycles. The number of methoxy groups -OCH3 is 1. The van der Waals surface area contributed by atoms with Crippen LogP contribution in [0.4, 0.5) is 5.13 Å². The number of carbonyl (C=O) groups is 1. The Morgan fingerprint density at radius 3 is 2.61 bits per heavy atom. The van der Waals surface area contributed by atoms with Crippen molar-refractivity contribution in [1.29, 1.82) is 0 Å². The van der Waals surface area contributed by atoms with Crippen molar-refractivity contribution in [3.05, 3.63) is 40.9 Å². The Hall–Kier alpha value is -2.21. The first-order valence-corrected chi connectivity index (χ1v) is 8.23. The number of hydrogen-bond donors (Lipinski definition) is 1. The molecule has 0 saturated heterocycles. The number of nitrogens with zero attached hydrogens (tertiary/aromatic N) is 2. The largest absolute Gasteiger partial charge is 0.497 e. The van der Waals surface area contributed by atoms with Gasteiger partial charge in [-0.25, -0.2) is 0 Å². The van der Waals surface area contributed by atoms with Gasteiger partial charge in [-0.1, -0.05) is 44.2 Å². The van der Waals surface area contributed by atoms with E-state index in [4.69, 9.17) is 4.74 Å². The van der Waals surface area contributed by atoms with E-state index in [1.54, 1.807) is 13.2 Å². The number of nitrogens with one attached hydrogen (secondary N) is 1. The van der Waals surface area contributed by atoms with E-state index >= 15 is 0 Å². The first kappa shape index (κ1) is 17.1. The third-order valence-corrected chi connectivity index (χ3v) is 4.87. The second kappa shape index (κ2) is 7.37. The molecule has 1 amide bonds. The third-order valence-electron chi connectivity index (χ3n) is 3.66. The van der Waals surface area contributed by atoms with Crippen molar-refractivity contribution < 1.29 is 9.53 Å². The summed E-state index contributed by atoms with van der Waals surface area (Å²) in [6.07, 6.45) is 4.19. The van der Waals surface area contributed by atoms with Crippen LogP contribution in [0.3, 0.4) is 0 Å². The molecule has 122 valence electrons. The zero-order valence-electron chi connectivity index (χ0n) is 13.8. The lowest BCUT2D eigenvalue weighted by Crippen LogP contribution is -2.14. The van der Waals surface area contributed by atoms with Crippen molar-refractivity contribution in [1.82, 2.24) is 10.2 Å². The molecule has 0 unspecified atom stereocenters. The van der Waals surface area contributed by atoms with Gasteiger partial charge in [-0.15, -0.1) is 10.2 Å². The fourth-order valence-electron chi connectivity index (χ4n) is 1.73. The molecule has 0 aliphatic rings. The zero-order valence-corrected chi connectivity index (χ0v) is 14.6. The van der Waals surface area contributed by atoms with E-state index < -0.39 is 0 Å². The molecule has 6 heteroatoms. The Kier molecular flexibility index (Phi) is 5.50. The highest BCUT2D eigenvalue weighted by Crippen LogP contribution is 2.30. The first-order chi connectivity index (χ1) is 10.9. The summed E-state index contributed by atoms with van der Waals surface area (Å²) in [4.78, 5) is 12.0. The van der Waals surface area contributed by atoms with Crippen LogP contribution >= 0.6 is 11.3 Å². The number of anilines is 1. The van der Waals surface area contributed by atoms with Crippen LogP contribution in [0, 0.1) is 0 Å². The van der Waals surface area contributed by atoms with Crippen molar-refractivity contribution >= 4 is 28.5 Å². The predicted octanol–water partition coefficient (Wildman–Crippen LogP) is 3.89. The summed E-state index contributed by atoms with van der Waals surface area (Å²) in [6.45, 7) is 6.34. The summed E-state index contributed by atoms with van der Waals surface area (Å²) >= 11 is 1.41. The zero-order chi connectivity index (χ0) is 16.9. The van der Waals surface area contributed by atoms with Crippen molar-refractivity contribution in [2.45, 2.75) is 32.6 Å². The molecule has 0 spiro atoms. The minimum atomic E-state index is -0.224. The standard InChI is InChI=1S/C17H21N3O2S/c1-5-17(2,3)15-19-20-16(23-15)18-14(21)11-8-12-6-9-13(22-4)10-7-12/h6-11H,5H2,1-4H3,(H,18,20,21)/b11-8+. The smallest absolute Gasteiger partial charge is 0.250 e. The van der Waals surface area contributed by atoms with Crippen LogP contribution in [-0.2, 0) is 10.2 Å². The van der Waals surface area contributed by atoms with Crippen LogP contribution in [0.25, 0.3) is 6.08 Å². The third kappa shape index (κ3) is 4.63. The maximum atomic E-state index is 12.0. The normalized spacial score (nSPS) is 11.7. The van der Waals surface area contributed by atoms with Gasteiger partial charge in [0.1, 0.15) is 10.8 Å². The van der Waals surface area contributed by atoms with Crippen LogP contribution in [0.5, 0.6) is 5.75 Å². The average molecular weight is 331 g/mol. The minimum absolute atomic E-state index is 0.0282. The fraction of sp³-hybridized carbons (Fsp3) is 0.353. The van der Waals surface area contributed by atoms with Crippen LogP contribution in [0.1, 0.15) is 37.8 Å². The molecule has 0 radical (unpaired) electrons. The van der Waals surface area contributed by atoms with E-state index in [0.29, 0.717) is 5.13 Å². The molecule has 23 heavy (non-hydrogen) atoms. The molecule has 0 fully saturated rings. The van der Waals surface area contributed by atoms with Crippen LogP contribution in [0.2, 0.25) is 0 Å². The van der Waals surface area contributed by atoms with Gasteiger partial charge < -0.3 is 4.74 Å². The highest BCUT2D eigenvalue weighted by molar-refractivity contribution is 7.15. The quantitative estimate of drug-likeness (QED) is 0.816. The van der Waals surface area contributed by atoms with Crippen LogP contribution in [0.15, 0.2) is 30.3 Å². The molecular weight excluding hydrogens is 310 g/mol. The lowest BCUT2D eigenvalue weighted by molar-refractivity contribution is -0.111. The second-order valence-corrected chi connectivity index (χ2v) is 6.72. The van der Waals surface area contributed by atoms with Gasteiger partial charge in [0.05, 0.1) is 7.11 Å². The Morgan fingerprint density at radius 2 is 2.00 bits per heavy atom. The number of benzene rings is 1. The van der Waals surface area contributed by atoms with Gasteiger partial charge in [0.25, 0.3) is 0 Å². The minimum Gasteiger partial charge on any atom is -0.497 e. The summed E-state index contributed by atoms with van der Waals surface area (Å²) in [5.74, 6) is 0.560. The molecular formula is C17H21N3O2S. The van der Waals surface area contributed by atoms with Crippen molar-refractivity contribution in [2.75, 3.05) is 12.4 Å². The van der Waals surface area contributed by atoms with E-state index in [1.807, 2.05) is 24.3 Å². The number of amides is 1. The average Bonchev–Trinajstić information content (AvgIpc) is 3.02. The lowest BCUT2D eigenvalue weighted by Gasteiger charge is -2.17. The molecule has 2 rings (SSSR count). The summed E-state index contributed by atoms with van der Waals surface area (Å²) in [5, 5.41) is 12.4. The predicted molar refractivity (Wildman–Crippen MR) is 93.9 cm³/mol. The van der Waals surface area contributed by atoms with Crippen molar-refractivity contribution in [3.8, 4) is 5.75 Å². The van der Waals surface area contributed by atoms with E-state index in [9.17, 15) is 4.79 Å². The molecule has 1 N–H and O–H groups in total. The van der Waals surface area contributed by atoms with Gasteiger partial charge in [0, 0.05) is 11.5 Å². The SMILES string of the molecule is CCC(C)(C)c1nnc(NC(=O)/C=C/c2ccc(OC)cc2)s1. The number of ether oxygens (including phenoxy) is 1. The molecule has 1 heterocycles. The number of hydrogen-bond acceptors (Lipinski definition) is 5. The number of rotatable bonds is 6. The molecule has 2 aromatic rings. The van der Waals surface area contributed by atoms with E-state index in [-0.39, 0.29) is 11.3 Å². The van der Waals surface area contributed by atoms with Gasteiger partial charge in [-0.3, -0.25) is 10.1 Å². The van der Waals surface area contributed by atoms with Gasteiger partial charge in [0.2, 0.25) is 11.0 Å². The molecule has 0 aliphatic heterocycles. The summed E-state index contributed by atoms with van der Waals surface area (Å²) in [6, 6.07) is 7.47. The van der Waals surface area contributed by atoms with Crippen LogP contribution in [-0.4, -0.2) is 23.2 Å². The topological polar surface area (TPSA) is 64.1 Å². The number of aromatic nitrogens is 2. The fourth-order valence-corrected chi connectivity index (χ4v) is 2.65. The van der Waals surface area contributed by atoms with E-state index in [1.165, 1.54) is 17.4 Å². The Bertz CT molecular complexity index is 690. The number of carbonyl (C=O) groups excluding carboxylic acids is 1.